The van der Waals surface area contributed by atoms with Crippen LogP contribution in [0.2, 0.25) is 5.02 Å². The minimum atomic E-state index is 0.854. The molecule has 0 saturated heterocycles. The van der Waals surface area contributed by atoms with Crippen molar-refractivity contribution in [3.8, 4) is 0 Å². The van der Waals surface area contributed by atoms with E-state index in [1.165, 1.54) is 43.5 Å². The van der Waals surface area contributed by atoms with E-state index in [0.29, 0.717) is 0 Å². The summed E-state index contributed by atoms with van der Waals surface area (Å²) in [5, 5.41) is 4.29. The number of fused-ring (bicyclic) bond motifs is 2. The Morgan fingerprint density at radius 1 is 1.29 bits per heavy atom. The summed E-state index contributed by atoms with van der Waals surface area (Å²) in [7, 11) is 2.23. The molecule has 21 heavy (non-hydrogen) atoms. The van der Waals surface area contributed by atoms with Gasteiger partial charge in [-0.05, 0) is 55.7 Å². The van der Waals surface area contributed by atoms with Crippen molar-refractivity contribution in [3.63, 3.8) is 0 Å². The SMILES string of the molecule is CCNCc1c(Cl)cccc1N(C)CC1CC2CCC1C2. The fraction of sp³-hybridized carbons (Fsp3) is 0.667. The highest BCUT2D eigenvalue weighted by Crippen LogP contribution is 2.48. The zero-order valence-electron chi connectivity index (χ0n) is 13.2. The maximum atomic E-state index is 6.42. The molecule has 2 bridgehead atoms. The Hall–Kier alpha value is -0.730. The van der Waals surface area contributed by atoms with Gasteiger partial charge in [-0.2, -0.15) is 0 Å². The molecule has 2 aliphatic carbocycles. The van der Waals surface area contributed by atoms with Crippen molar-refractivity contribution in [2.45, 2.75) is 39.2 Å². The Bertz CT molecular complexity index is 488. The van der Waals surface area contributed by atoms with E-state index in [1.807, 2.05) is 6.07 Å². The average Bonchev–Trinajstić information content (AvgIpc) is 3.08. The first-order valence-electron chi connectivity index (χ1n) is 8.38. The Kier molecular flexibility index (Phi) is 4.75. The molecule has 1 aromatic rings. The third kappa shape index (κ3) is 3.22. The summed E-state index contributed by atoms with van der Waals surface area (Å²) in [5.74, 6) is 2.89. The van der Waals surface area contributed by atoms with E-state index in [-0.39, 0.29) is 0 Å². The largest absolute Gasteiger partial charge is 0.374 e. The van der Waals surface area contributed by atoms with Gasteiger partial charge in [-0.1, -0.05) is 31.0 Å². The average molecular weight is 307 g/mol. The standard InChI is InChI=1S/C18H27ClN2/c1-3-20-11-16-17(19)5-4-6-18(16)21(2)12-15-10-13-7-8-14(15)9-13/h4-6,13-15,20H,3,7-12H2,1-2H3. The lowest BCUT2D eigenvalue weighted by atomic mass is 9.88. The molecule has 2 fully saturated rings. The van der Waals surface area contributed by atoms with Gasteiger partial charge < -0.3 is 10.2 Å². The van der Waals surface area contributed by atoms with Gasteiger partial charge in [-0.3, -0.25) is 0 Å². The molecule has 0 spiro atoms. The monoisotopic (exact) mass is 306 g/mol. The van der Waals surface area contributed by atoms with Crippen molar-refractivity contribution in [1.29, 1.82) is 0 Å². The van der Waals surface area contributed by atoms with Crippen molar-refractivity contribution in [1.82, 2.24) is 5.32 Å². The Balaban J connectivity index is 1.71. The van der Waals surface area contributed by atoms with Crippen LogP contribution in [0.25, 0.3) is 0 Å². The molecule has 3 heteroatoms. The summed E-state index contributed by atoms with van der Waals surface area (Å²) in [4.78, 5) is 2.43. The highest BCUT2D eigenvalue weighted by Gasteiger charge is 2.39. The van der Waals surface area contributed by atoms with Gasteiger partial charge in [-0.15, -0.1) is 0 Å². The van der Waals surface area contributed by atoms with Crippen molar-refractivity contribution in [3.05, 3.63) is 28.8 Å². The van der Waals surface area contributed by atoms with Crippen LogP contribution in [0.3, 0.4) is 0 Å². The lowest BCUT2D eigenvalue weighted by Crippen LogP contribution is -2.29. The molecule has 3 rings (SSSR count). The van der Waals surface area contributed by atoms with Gasteiger partial charge in [0.05, 0.1) is 0 Å². The molecule has 0 aliphatic heterocycles. The number of nitrogens with one attached hydrogen (secondary N) is 1. The van der Waals surface area contributed by atoms with E-state index in [0.717, 1.165) is 35.9 Å². The van der Waals surface area contributed by atoms with Crippen molar-refractivity contribution >= 4 is 17.3 Å². The molecule has 2 saturated carbocycles. The summed E-state index contributed by atoms with van der Waals surface area (Å²) >= 11 is 6.42. The second kappa shape index (κ2) is 6.58. The van der Waals surface area contributed by atoms with E-state index in [4.69, 9.17) is 11.6 Å². The predicted molar refractivity (Wildman–Crippen MR) is 91.0 cm³/mol. The van der Waals surface area contributed by atoms with Crippen molar-refractivity contribution < 1.29 is 0 Å². The first kappa shape index (κ1) is 15.2. The third-order valence-electron chi connectivity index (χ3n) is 5.45. The van der Waals surface area contributed by atoms with Crippen LogP contribution in [0.4, 0.5) is 5.69 Å². The zero-order valence-corrected chi connectivity index (χ0v) is 14.0. The molecule has 3 unspecified atom stereocenters. The van der Waals surface area contributed by atoms with Crippen LogP contribution in [-0.2, 0) is 6.54 Å². The summed E-state index contributed by atoms with van der Waals surface area (Å²) in [5.41, 5.74) is 2.54. The van der Waals surface area contributed by atoms with E-state index >= 15 is 0 Å². The molecular weight excluding hydrogens is 280 g/mol. The Morgan fingerprint density at radius 2 is 2.14 bits per heavy atom. The number of hydrogen-bond acceptors (Lipinski definition) is 2. The lowest BCUT2D eigenvalue weighted by molar-refractivity contribution is 0.337. The molecule has 0 amide bonds. The minimum absolute atomic E-state index is 0.854. The smallest absolute Gasteiger partial charge is 0.0471 e. The second-order valence-electron chi connectivity index (χ2n) is 6.83. The number of rotatable bonds is 6. The molecule has 0 heterocycles. The Morgan fingerprint density at radius 3 is 2.81 bits per heavy atom. The number of benzene rings is 1. The van der Waals surface area contributed by atoms with Gasteiger partial charge in [0.1, 0.15) is 0 Å². The highest BCUT2D eigenvalue weighted by atomic mass is 35.5. The van der Waals surface area contributed by atoms with E-state index in [1.54, 1.807) is 0 Å². The maximum absolute atomic E-state index is 6.42. The molecule has 0 radical (unpaired) electrons. The van der Waals surface area contributed by atoms with Crippen LogP contribution in [0.15, 0.2) is 18.2 Å². The quantitative estimate of drug-likeness (QED) is 0.842. The summed E-state index contributed by atoms with van der Waals surface area (Å²) < 4.78 is 0. The van der Waals surface area contributed by atoms with Crippen molar-refractivity contribution in [2.24, 2.45) is 17.8 Å². The van der Waals surface area contributed by atoms with Gasteiger partial charge in [0.15, 0.2) is 0 Å². The number of halogens is 1. The van der Waals surface area contributed by atoms with Crippen LogP contribution < -0.4 is 10.2 Å². The highest BCUT2D eigenvalue weighted by molar-refractivity contribution is 6.31. The fourth-order valence-corrected chi connectivity index (χ4v) is 4.62. The van der Waals surface area contributed by atoms with Crippen molar-refractivity contribution in [2.75, 3.05) is 25.0 Å². The first-order valence-corrected chi connectivity index (χ1v) is 8.76. The molecule has 2 nitrogen and oxygen atoms in total. The summed E-state index contributed by atoms with van der Waals surface area (Å²) in [6, 6.07) is 6.29. The maximum Gasteiger partial charge on any atom is 0.0471 e. The lowest BCUT2D eigenvalue weighted by Gasteiger charge is -2.30. The van der Waals surface area contributed by atoms with E-state index in [9.17, 15) is 0 Å². The molecule has 3 atom stereocenters. The van der Waals surface area contributed by atoms with Crippen LogP contribution >= 0.6 is 11.6 Å². The Labute approximate surface area is 133 Å². The molecular formula is C18H27ClN2. The van der Waals surface area contributed by atoms with Crippen LogP contribution in [0, 0.1) is 17.8 Å². The zero-order chi connectivity index (χ0) is 14.8. The molecule has 1 aromatic carbocycles. The summed E-state index contributed by atoms with van der Waals surface area (Å²) in [6.45, 7) is 5.14. The van der Waals surface area contributed by atoms with E-state index < -0.39 is 0 Å². The topological polar surface area (TPSA) is 15.3 Å². The summed E-state index contributed by atoms with van der Waals surface area (Å²) in [6.07, 6.45) is 5.87. The fourth-order valence-electron chi connectivity index (χ4n) is 4.38. The first-order chi connectivity index (χ1) is 10.2. The number of anilines is 1. The third-order valence-corrected chi connectivity index (χ3v) is 5.80. The van der Waals surface area contributed by atoms with Gasteiger partial charge in [0.2, 0.25) is 0 Å². The normalized spacial score (nSPS) is 27.3. The molecule has 116 valence electrons. The van der Waals surface area contributed by atoms with Gasteiger partial charge in [0.25, 0.3) is 0 Å². The van der Waals surface area contributed by atoms with Gasteiger partial charge >= 0.3 is 0 Å². The second-order valence-corrected chi connectivity index (χ2v) is 7.24. The van der Waals surface area contributed by atoms with Gasteiger partial charge in [0, 0.05) is 36.4 Å². The van der Waals surface area contributed by atoms with Crippen LogP contribution in [0.1, 0.15) is 38.2 Å². The minimum Gasteiger partial charge on any atom is -0.374 e. The molecule has 2 aliphatic rings. The predicted octanol–water partition coefficient (Wildman–Crippen LogP) is 4.32. The number of hydrogen-bond donors (Lipinski definition) is 1. The van der Waals surface area contributed by atoms with Crippen LogP contribution in [-0.4, -0.2) is 20.1 Å². The van der Waals surface area contributed by atoms with Gasteiger partial charge in [-0.25, -0.2) is 0 Å². The van der Waals surface area contributed by atoms with Crippen LogP contribution in [0.5, 0.6) is 0 Å². The molecule has 0 aromatic heterocycles. The number of nitrogens with zero attached hydrogens (tertiary/aromatic N) is 1. The molecule has 1 N–H and O–H groups in total. The van der Waals surface area contributed by atoms with E-state index in [2.05, 4.69) is 36.3 Å².